The van der Waals surface area contributed by atoms with E-state index in [9.17, 15) is 0 Å². The number of nitrogens with zero attached hydrogens (tertiary/aromatic N) is 1. The fourth-order valence-electron chi connectivity index (χ4n) is 1.58. The van der Waals surface area contributed by atoms with E-state index in [1.165, 1.54) is 5.56 Å². The van der Waals surface area contributed by atoms with Crippen molar-refractivity contribution >= 4 is 15.9 Å². The van der Waals surface area contributed by atoms with Crippen LogP contribution in [-0.4, -0.2) is 6.61 Å². The van der Waals surface area contributed by atoms with Gasteiger partial charge in [-0.3, -0.25) is 0 Å². The van der Waals surface area contributed by atoms with E-state index in [2.05, 4.69) is 22.0 Å². The highest BCUT2D eigenvalue weighted by Gasteiger charge is 2.18. The van der Waals surface area contributed by atoms with Crippen molar-refractivity contribution in [1.82, 2.24) is 0 Å². The molecule has 1 aliphatic rings. The lowest BCUT2D eigenvalue weighted by molar-refractivity contribution is 0.355. The van der Waals surface area contributed by atoms with Gasteiger partial charge in [0.25, 0.3) is 0 Å². The summed E-state index contributed by atoms with van der Waals surface area (Å²) in [5.74, 6) is 0.924. The Morgan fingerprint density at radius 3 is 3.15 bits per heavy atom. The van der Waals surface area contributed by atoms with Crippen LogP contribution in [0.25, 0.3) is 0 Å². The number of hydrogen-bond donors (Lipinski definition) is 0. The zero-order valence-electron chi connectivity index (χ0n) is 7.01. The molecule has 2 rings (SSSR count). The largest absolute Gasteiger partial charge is 0.492 e. The van der Waals surface area contributed by atoms with E-state index >= 15 is 0 Å². The van der Waals surface area contributed by atoms with Crippen molar-refractivity contribution in [1.29, 1.82) is 5.26 Å². The Balaban J connectivity index is 2.51. The Kier molecular flexibility index (Phi) is 2.24. The molecule has 1 aliphatic heterocycles. The number of rotatable bonds is 1. The van der Waals surface area contributed by atoms with Crippen LogP contribution >= 0.6 is 15.9 Å². The fraction of sp³-hybridized carbons (Fsp3) is 0.300. The van der Waals surface area contributed by atoms with Gasteiger partial charge in [-0.25, -0.2) is 0 Å². The molecular weight excluding hydrogens is 230 g/mol. The van der Waals surface area contributed by atoms with E-state index < -0.39 is 0 Å². The standard InChI is InChI=1S/C10H8BrNO/c11-9-2-1-7(3-5-12)8-4-6-13-10(8)9/h1-2H,3-4,6H2. The number of hydrogen-bond acceptors (Lipinski definition) is 2. The van der Waals surface area contributed by atoms with Crippen LogP contribution in [0.15, 0.2) is 16.6 Å². The Morgan fingerprint density at radius 2 is 2.38 bits per heavy atom. The minimum absolute atomic E-state index is 0.471. The average Bonchev–Trinajstić information content (AvgIpc) is 2.59. The molecule has 3 heteroatoms. The molecule has 1 aromatic carbocycles. The van der Waals surface area contributed by atoms with Crippen molar-refractivity contribution in [2.75, 3.05) is 6.61 Å². The monoisotopic (exact) mass is 237 g/mol. The molecule has 0 radical (unpaired) electrons. The highest BCUT2D eigenvalue weighted by Crippen LogP contribution is 2.35. The minimum atomic E-state index is 0.471. The second-order valence-corrected chi connectivity index (χ2v) is 3.80. The highest BCUT2D eigenvalue weighted by atomic mass is 79.9. The summed E-state index contributed by atoms with van der Waals surface area (Å²) in [6.45, 7) is 0.733. The smallest absolute Gasteiger partial charge is 0.137 e. The zero-order valence-corrected chi connectivity index (χ0v) is 8.60. The first kappa shape index (κ1) is 8.58. The quantitative estimate of drug-likeness (QED) is 0.752. The van der Waals surface area contributed by atoms with Gasteiger partial charge >= 0.3 is 0 Å². The normalized spacial score (nSPS) is 13.2. The Hall–Kier alpha value is -1.01. The molecule has 66 valence electrons. The van der Waals surface area contributed by atoms with E-state index in [4.69, 9.17) is 10.00 Å². The van der Waals surface area contributed by atoms with E-state index in [0.717, 1.165) is 28.8 Å². The van der Waals surface area contributed by atoms with E-state index in [0.29, 0.717) is 6.42 Å². The molecule has 1 heterocycles. The van der Waals surface area contributed by atoms with Crippen LogP contribution in [0.2, 0.25) is 0 Å². The third kappa shape index (κ3) is 1.42. The first-order valence-corrected chi connectivity index (χ1v) is 4.92. The molecule has 0 unspecified atom stereocenters. The number of halogens is 1. The van der Waals surface area contributed by atoms with Crippen LogP contribution in [0.3, 0.4) is 0 Å². The summed E-state index contributed by atoms with van der Waals surface area (Å²) in [4.78, 5) is 0. The lowest BCUT2D eigenvalue weighted by Gasteiger charge is -2.05. The van der Waals surface area contributed by atoms with Crippen LogP contribution < -0.4 is 4.74 Å². The molecule has 0 aromatic heterocycles. The molecule has 0 aliphatic carbocycles. The summed E-state index contributed by atoms with van der Waals surface area (Å²) in [6, 6.07) is 6.09. The lowest BCUT2D eigenvalue weighted by Crippen LogP contribution is -1.89. The van der Waals surface area contributed by atoms with Gasteiger partial charge in [0.2, 0.25) is 0 Å². The SMILES string of the molecule is N#CCc1ccc(Br)c2c1CCO2. The van der Waals surface area contributed by atoms with Crippen LogP contribution in [-0.2, 0) is 12.8 Å². The molecular formula is C10H8BrNO. The molecule has 0 saturated heterocycles. The summed E-state index contributed by atoms with van der Waals surface area (Å²) < 4.78 is 6.45. The van der Waals surface area contributed by atoms with Crippen molar-refractivity contribution in [3.8, 4) is 11.8 Å². The second kappa shape index (κ2) is 3.39. The molecule has 1 aromatic rings. The molecule has 0 bridgehead atoms. The van der Waals surface area contributed by atoms with Gasteiger partial charge in [0.15, 0.2) is 0 Å². The van der Waals surface area contributed by atoms with Gasteiger partial charge in [0, 0.05) is 12.0 Å². The Bertz CT molecular complexity index is 381. The Morgan fingerprint density at radius 1 is 1.54 bits per heavy atom. The van der Waals surface area contributed by atoms with Gasteiger partial charge in [-0.2, -0.15) is 5.26 Å². The van der Waals surface area contributed by atoms with Crippen molar-refractivity contribution in [3.05, 3.63) is 27.7 Å². The summed E-state index contributed by atoms with van der Waals surface area (Å²) in [6.07, 6.45) is 1.39. The summed E-state index contributed by atoms with van der Waals surface area (Å²) >= 11 is 3.42. The minimum Gasteiger partial charge on any atom is -0.492 e. The van der Waals surface area contributed by atoms with Crippen LogP contribution in [0.1, 0.15) is 11.1 Å². The summed E-state index contributed by atoms with van der Waals surface area (Å²) in [5.41, 5.74) is 2.29. The van der Waals surface area contributed by atoms with E-state index in [1.807, 2.05) is 12.1 Å². The summed E-state index contributed by atoms with van der Waals surface area (Å²) in [7, 11) is 0. The third-order valence-electron chi connectivity index (χ3n) is 2.18. The lowest BCUT2D eigenvalue weighted by atomic mass is 10.0. The van der Waals surface area contributed by atoms with Gasteiger partial charge in [-0.05, 0) is 27.6 Å². The zero-order chi connectivity index (χ0) is 9.26. The number of benzene rings is 1. The van der Waals surface area contributed by atoms with Crippen molar-refractivity contribution in [3.63, 3.8) is 0 Å². The third-order valence-corrected chi connectivity index (χ3v) is 2.80. The maximum atomic E-state index is 8.62. The fourth-order valence-corrected chi connectivity index (χ4v) is 2.06. The van der Waals surface area contributed by atoms with E-state index in [1.54, 1.807) is 0 Å². The van der Waals surface area contributed by atoms with Crippen LogP contribution in [0, 0.1) is 11.3 Å². The molecule has 2 nitrogen and oxygen atoms in total. The average molecular weight is 238 g/mol. The maximum absolute atomic E-state index is 8.62. The predicted octanol–water partition coefficient (Wildman–Crippen LogP) is 2.45. The highest BCUT2D eigenvalue weighted by molar-refractivity contribution is 9.10. The molecule has 0 atom stereocenters. The van der Waals surface area contributed by atoms with Gasteiger partial charge in [-0.15, -0.1) is 0 Å². The summed E-state index contributed by atoms with van der Waals surface area (Å²) in [5, 5.41) is 8.62. The molecule has 0 spiro atoms. The second-order valence-electron chi connectivity index (χ2n) is 2.95. The Labute approximate surface area is 85.3 Å². The van der Waals surface area contributed by atoms with Crippen molar-refractivity contribution in [2.45, 2.75) is 12.8 Å². The number of nitriles is 1. The van der Waals surface area contributed by atoms with Crippen molar-refractivity contribution in [2.24, 2.45) is 0 Å². The van der Waals surface area contributed by atoms with Crippen molar-refractivity contribution < 1.29 is 4.74 Å². The number of fused-ring (bicyclic) bond motifs is 1. The molecule has 0 fully saturated rings. The molecule has 0 amide bonds. The molecule has 13 heavy (non-hydrogen) atoms. The maximum Gasteiger partial charge on any atom is 0.137 e. The van der Waals surface area contributed by atoms with Gasteiger partial charge in [0.1, 0.15) is 5.75 Å². The van der Waals surface area contributed by atoms with Crippen LogP contribution in [0.5, 0.6) is 5.75 Å². The van der Waals surface area contributed by atoms with Gasteiger partial charge in [0.05, 0.1) is 23.6 Å². The predicted molar refractivity (Wildman–Crippen MR) is 52.7 cm³/mol. The van der Waals surface area contributed by atoms with Gasteiger partial charge in [-0.1, -0.05) is 6.07 Å². The van der Waals surface area contributed by atoms with Gasteiger partial charge < -0.3 is 4.74 Å². The van der Waals surface area contributed by atoms with E-state index in [-0.39, 0.29) is 0 Å². The van der Waals surface area contributed by atoms with Crippen LogP contribution in [0.4, 0.5) is 0 Å². The molecule has 0 N–H and O–H groups in total. The number of ether oxygens (including phenoxy) is 1. The first-order valence-electron chi connectivity index (χ1n) is 4.13. The topological polar surface area (TPSA) is 33.0 Å². The first-order chi connectivity index (χ1) is 6.33. The molecule has 0 saturated carbocycles.